The van der Waals surface area contributed by atoms with Crippen LogP contribution < -0.4 is 15.8 Å². The fourth-order valence-electron chi connectivity index (χ4n) is 1.73. The van der Waals surface area contributed by atoms with E-state index in [1.54, 1.807) is 12.3 Å². The molecule has 1 atom stereocenters. The molecule has 5 nitrogen and oxygen atoms in total. The second-order valence-corrected chi connectivity index (χ2v) is 3.88. The number of nitrogens with one attached hydrogen (secondary N) is 1. The molecule has 0 aromatic carbocycles. The Hall–Kier alpha value is -1.62. The molecule has 0 aliphatic carbocycles. The van der Waals surface area contributed by atoms with Gasteiger partial charge in [-0.25, -0.2) is 0 Å². The topological polar surface area (TPSA) is 77.2 Å². The summed E-state index contributed by atoms with van der Waals surface area (Å²) in [6.07, 6.45) is 5.33. The Morgan fingerprint density at radius 3 is 3.19 bits per heavy atom. The summed E-state index contributed by atoms with van der Waals surface area (Å²) in [7, 11) is 0. The number of aromatic nitrogens is 1. The lowest BCUT2D eigenvalue weighted by molar-refractivity contribution is 0.0999. The Balaban J connectivity index is 1.93. The van der Waals surface area contributed by atoms with Crippen LogP contribution in [0.1, 0.15) is 23.2 Å². The van der Waals surface area contributed by atoms with Gasteiger partial charge in [0, 0.05) is 12.2 Å². The van der Waals surface area contributed by atoms with Crippen molar-refractivity contribution in [3.8, 4) is 5.75 Å². The molecule has 1 aromatic heterocycles. The molecule has 3 N–H and O–H groups in total. The molecule has 86 valence electrons. The summed E-state index contributed by atoms with van der Waals surface area (Å²) in [4.78, 5) is 14.8. The number of hydrogen-bond donors (Lipinski definition) is 2. The van der Waals surface area contributed by atoms with Crippen LogP contribution in [0.2, 0.25) is 0 Å². The van der Waals surface area contributed by atoms with Crippen molar-refractivity contribution < 1.29 is 9.53 Å². The summed E-state index contributed by atoms with van der Waals surface area (Å²) in [6.45, 7) is 1.65. The molecule has 1 fully saturated rings. The first-order valence-corrected chi connectivity index (χ1v) is 5.37. The number of carbonyl (C=O) groups is 1. The van der Waals surface area contributed by atoms with E-state index in [4.69, 9.17) is 10.5 Å². The number of ether oxygens (including phenoxy) is 1. The van der Waals surface area contributed by atoms with Crippen molar-refractivity contribution in [2.45, 2.75) is 18.9 Å². The van der Waals surface area contributed by atoms with Gasteiger partial charge in [0.15, 0.2) is 0 Å². The van der Waals surface area contributed by atoms with Crippen LogP contribution >= 0.6 is 0 Å². The molecule has 16 heavy (non-hydrogen) atoms. The van der Waals surface area contributed by atoms with Crippen molar-refractivity contribution in [2.24, 2.45) is 5.73 Å². The highest BCUT2D eigenvalue weighted by Crippen LogP contribution is 2.13. The lowest BCUT2D eigenvalue weighted by Crippen LogP contribution is -2.28. The largest absolute Gasteiger partial charge is 0.490 e. The number of pyridine rings is 1. The monoisotopic (exact) mass is 221 g/mol. The van der Waals surface area contributed by atoms with Crippen LogP contribution in [0.15, 0.2) is 18.5 Å². The summed E-state index contributed by atoms with van der Waals surface area (Å²) in [5, 5.41) is 3.33. The molecule has 1 unspecified atom stereocenters. The van der Waals surface area contributed by atoms with Crippen LogP contribution in [0.5, 0.6) is 5.75 Å². The van der Waals surface area contributed by atoms with Gasteiger partial charge >= 0.3 is 0 Å². The van der Waals surface area contributed by atoms with E-state index < -0.39 is 5.91 Å². The summed E-state index contributed by atoms with van der Waals surface area (Å²) in [5.74, 6) is 0.0990. The molecule has 1 aromatic rings. The molecule has 1 saturated heterocycles. The highest BCUT2D eigenvalue weighted by atomic mass is 16.5. The van der Waals surface area contributed by atoms with E-state index in [1.807, 2.05) is 0 Å². The third kappa shape index (κ3) is 2.70. The highest BCUT2D eigenvalue weighted by molar-refractivity contribution is 5.92. The molecule has 0 spiro atoms. The van der Waals surface area contributed by atoms with Crippen LogP contribution in [0, 0.1) is 0 Å². The Bertz CT molecular complexity index is 375. The summed E-state index contributed by atoms with van der Waals surface area (Å²) in [6, 6.07) is 2.02. The van der Waals surface area contributed by atoms with E-state index in [0.717, 1.165) is 13.0 Å². The predicted molar refractivity (Wildman–Crippen MR) is 59.3 cm³/mol. The summed E-state index contributed by atoms with van der Waals surface area (Å²) >= 11 is 0. The molecule has 0 bridgehead atoms. The van der Waals surface area contributed by atoms with Gasteiger partial charge in [0.05, 0.1) is 11.8 Å². The van der Waals surface area contributed by atoms with Gasteiger partial charge in [-0.05, 0) is 25.5 Å². The van der Waals surface area contributed by atoms with Crippen LogP contribution in [0.25, 0.3) is 0 Å². The minimum atomic E-state index is -0.489. The smallest absolute Gasteiger partial charge is 0.250 e. The quantitative estimate of drug-likeness (QED) is 0.767. The number of carbonyl (C=O) groups excluding carboxylic acids is 1. The molecule has 2 rings (SSSR count). The second-order valence-electron chi connectivity index (χ2n) is 3.88. The van der Waals surface area contributed by atoms with Gasteiger partial charge in [-0.2, -0.15) is 0 Å². The van der Waals surface area contributed by atoms with Gasteiger partial charge in [-0.3, -0.25) is 9.78 Å². The Labute approximate surface area is 94.0 Å². The van der Waals surface area contributed by atoms with Gasteiger partial charge in [0.1, 0.15) is 12.4 Å². The minimum absolute atomic E-state index is 0.372. The Morgan fingerprint density at radius 2 is 2.50 bits per heavy atom. The third-order valence-corrected chi connectivity index (χ3v) is 2.61. The van der Waals surface area contributed by atoms with Crippen molar-refractivity contribution in [2.75, 3.05) is 13.2 Å². The van der Waals surface area contributed by atoms with E-state index in [-0.39, 0.29) is 0 Å². The number of nitrogens with zero attached hydrogens (tertiary/aromatic N) is 1. The maximum Gasteiger partial charge on any atom is 0.250 e. The first-order valence-electron chi connectivity index (χ1n) is 5.37. The van der Waals surface area contributed by atoms with Crippen LogP contribution in [-0.2, 0) is 0 Å². The van der Waals surface area contributed by atoms with Crippen molar-refractivity contribution in [3.63, 3.8) is 0 Å². The van der Waals surface area contributed by atoms with Crippen LogP contribution in [0.3, 0.4) is 0 Å². The molecule has 1 aliphatic heterocycles. The SMILES string of the molecule is NC(=O)c1cncc(OCC2CCCN2)c1. The fourth-order valence-corrected chi connectivity index (χ4v) is 1.73. The standard InChI is InChI=1S/C11H15N3O2/c12-11(15)8-4-10(6-13-5-8)16-7-9-2-1-3-14-9/h4-6,9,14H,1-3,7H2,(H2,12,15). The van der Waals surface area contributed by atoms with Crippen molar-refractivity contribution in [1.82, 2.24) is 10.3 Å². The molecule has 1 aliphatic rings. The number of amides is 1. The summed E-state index contributed by atoms with van der Waals surface area (Å²) in [5.41, 5.74) is 5.53. The maximum atomic E-state index is 10.9. The maximum absolute atomic E-state index is 10.9. The second kappa shape index (κ2) is 4.94. The lowest BCUT2D eigenvalue weighted by Gasteiger charge is -2.11. The Morgan fingerprint density at radius 1 is 1.62 bits per heavy atom. The lowest BCUT2D eigenvalue weighted by atomic mass is 10.2. The zero-order valence-corrected chi connectivity index (χ0v) is 8.98. The van der Waals surface area contributed by atoms with Gasteiger partial charge in [-0.15, -0.1) is 0 Å². The van der Waals surface area contributed by atoms with E-state index in [0.29, 0.717) is 24.0 Å². The molecular formula is C11H15N3O2. The number of hydrogen-bond acceptors (Lipinski definition) is 4. The molecule has 1 amide bonds. The Kier molecular flexibility index (Phi) is 3.36. The van der Waals surface area contributed by atoms with Crippen molar-refractivity contribution in [3.05, 3.63) is 24.0 Å². The predicted octanol–water partition coefficient (Wildman–Crippen LogP) is 0.311. The zero-order valence-electron chi connectivity index (χ0n) is 8.98. The average Bonchev–Trinajstić information content (AvgIpc) is 2.79. The van der Waals surface area contributed by atoms with Gasteiger partial charge in [0.2, 0.25) is 5.91 Å². The molecular weight excluding hydrogens is 206 g/mol. The van der Waals surface area contributed by atoms with Gasteiger partial charge in [-0.1, -0.05) is 0 Å². The fraction of sp³-hybridized carbons (Fsp3) is 0.455. The van der Waals surface area contributed by atoms with E-state index in [9.17, 15) is 4.79 Å². The molecule has 5 heteroatoms. The van der Waals surface area contributed by atoms with Crippen molar-refractivity contribution in [1.29, 1.82) is 0 Å². The van der Waals surface area contributed by atoms with Gasteiger partial charge in [0.25, 0.3) is 0 Å². The van der Waals surface area contributed by atoms with E-state index >= 15 is 0 Å². The minimum Gasteiger partial charge on any atom is -0.490 e. The third-order valence-electron chi connectivity index (χ3n) is 2.61. The molecule has 2 heterocycles. The van der Waals surface area contributed by atoms with E-state index in [2.05, 4.69) is 10.3 Å². The van der Waals surface area contributed by atoms with Crippen LogP contribution in [-0.4, -0.2) is 30.1 Å². The van der Waals surface area contributed by atoms with Gasteiger partial charge < -0.3 is 15.8 Å². The average molecular weight is 221 g/mol. The molecule has 0 radical (unpaired) electrons. The van der Waals surface area contributed by atoms with E-state index in [1.165, 1.54) is 12.6 Å². The van der Waals surface area contributed by atoms with Crippen LogP contribution in [0.4, 0.5) is 0 Å². The zero-order chi connectivity index (χ0) is 11.4. The van der Waals surface area contributed by atoms with Crippen molar-refractivity contribution >= 4 is 5.91 Å². The molecule has 0 saturated carbocycles. The number of nitrogens with two attached hydrogens (primary N) is 1. The summed E-state index contributed by atoms with van der Waals surface area (Å²) < 4.78 is 5.55. The first-order chi connectivity index (χ1) is 7.75. The number of primary amides is 1. The highest BCUT2D eigenvalue weighted by Gasteiger charge is 2.14. The normalized spacial score (nSPS) is 19.6. The first kappa shape index (κ1) is 10.9. The number of rotatable bonds is 4.